The fourth-order valence-corrected chi connectivity index (χ4v) is 4.85. The van der Waals surface area contributed by atoms with E-state index in [2.05, 4.69) is 27.7 Å². The molecule has 0 spiro atoms. The van der Waals surface area contributed by atoms with E-state index in [9.17, 15) is 9.59 Å². The highest BCUT2D eigenvalue weighted by Crippen LogP contribution is 2.21. The molecular weight excluding hydrogens is 432 g/mol. The Bertz CT molecular complexity index is 471. The van der Waals surface area contributed by atoms with Crippen molar-refractivity contribution in [3.05, 3.63) is 0 Å². The van der Waals surface area contributed by atoms with Crippen LogP contribution in [-0.2, 0) is 14.3 Å². The lowest BCUT2D eigenvalue weighted by Gasteiger charge is -2.15. The summed E-state index contributed by atoms with van der Waals surface area (Å²) in [6, 6.07) is 0. The Balaban J connectivity index is 3.91. The molecule has 0 bridgehead atoms. The molecule has 0 aliphatic rings. The number of hydrogen-bond acceptors (Lipinski definition) is 3. The molecule has 35 heavy (non-hydrogen) atoms. The predicted molar refractivity (Wildman–Crippen MR) is 152 cm³/mol. The van der Waals surface area contributed by atoms with Crippen molar-refractivity contribution < 1.29 is 14.3 Å². The first-order valence-corrected chi connectivity index (χ1v) is 15.8. The van der Waals surface area contributed by atoms with Gasteiger partial charge in [-0.15, -0.1) is 0 Å². The molecule has 0 amide bonds. The molecule has 0 aromatic carbocycles. The second kappa shape index (κ2) is 26.2. The summed E-state index contributed by atoms with van der Waals surface area (Å²) < 4.78 is 5.29. The Hall–Kier alpha value is -0.860. The molecule has 3 heteroatoms. The maximum Gasteiger partial charge on any atom is 0.316 e. The third kappa shape index (κ3) is 24.6. The average molecular weight is 495 g/mol. The van der Waals surface area contributed by atoms with Crippen molar-refractivity contribution in [1.82, 2.24) is 0 Å². The molecule has 0 fully saturated rings. The molecule has 0 N–H and O–H groups in total. The first-order valence-electron chi connectivity index (χ1n) is 15.8. The minimum atomic E-state index is -0.307. The van der Waals surface area contributed by atoms with Gasteiger partial charge in [0.2, 0.25) is 0 Å². The molecule has 0 saturated heterocycles. The first kappa shape index (κ1) is 34.1. The third-order valence-corrected chi connectivity index (χ3v) is 7.27. The summed E-state index contributed by atoms with van der Waals surface area (Å²) in [6.45, 7) is 9.05. The summed E-state index contributed by atoms with van der Waals surface area (Å²) in [6.07, 6.45) is 28.1. The standard InChI is InChI=1S/C32H62O3/c1-5-7-9-11-19-23-27-30(26-22-10-8-6-2)32(34)35-31(33)28-24-20-17-15-13-12-14-16-18-21-25-29(3)4/h29-30H,5-28H2,1-4H3. The van der Waals surface area contributed by atoms with E-state index in [0.717, 1.165) is 44.4 Å². The minimum Gasteiger partial charge on any atom is -0.393 e. The number of rotatable bonds is 26. The first-order chi connectivity index (χ1) is 17.0. The summed E-state index contributed by atoms with van der Waals surface area (Å²) in [4.78, 5) is 24.9. The van der Waals surface area contributed by atoms with Gasteiger partial charge in [-0.25, -0.2) is 0 Å². The number of unbranched alkanes of at least 4 members (excludes halogenated alkanes) is 17. The Morgan fingerprint density at radius 2 is 0.886 bits per heavy atom. The molecule has 1 unspecified atom stereocenters. The Labute approximate surface area is 219 Å². The normalized spacial score (nSPS) is 12.3. The highest BCUT2D eigenvalue weighted by Gasteiger charge is 2.22. The van der Waals surface area contributed by atoms with E-state index in [1.165, 1.54) is 109 Å². The van der Waals surface area contributed by atoms with Crippen LogP contribution < -0.4 is 0 Å². The van der Waals surface area contributed by atoms with Gasteiger partial charge in [0.25, 0.3) is 0 Å². The Morgan fingerprint density at radius 3 is 1.34 bits per heavy atom. The molecular formula is C32H62O3. The molecule has 208 valence electrons. The largest absolute Gasteiger partial charge is 0.393 e. The molecule has 1 atom stereocenters. The van der Waals surface area contributed by atoms with Gasteiger partial charge >= 0.3 is 11.9 Å². The lowest BCUT2D eigenvalue weighted by molar-refractivity contribution is -0.163. The summed E-state index contributed by atoms with van der Waals surface area (Å²) in [5, 5.41) is 0. The van der Waals surface area contributed by atoms with Crippen molar-refractivity contribution >= 4 is 11.9 Å². The number of ether oxygens (including phenoxy) is 1. The zero-order chi connectivity index (χ0) is 26.0. The maximum atomic E-state index is 12.7. The monoisotopic (exact) mass is 494 g/mol. The number of esters is 2. The van der Waals surface area contributed by atoms with E-state index in [-0.39, 0.29) is 17.9 Å². The fraction of sp³-hybridized carbons (Fsp3) is 0.938. The number of carbonyl (C=O) groups excluding carboxylic acids is 2. The van der Waals surface area contributed by atoms with Crippen molar-refractivity contribution in [1.29, 1.82) is 0 Å². The summed E-state index contributed by atoms with van der Waals surface area (Å²) in [7, 11) is 0. The van der Waals surface area contributed by atoms with Gasteiger partial charge in [-0.3, -0.25) is 9.59 Å². The van der Waals surface area contributed by atoms with Crippen LogP contribution in [0.25, 0.3) is 0 Å². The molecule has 0 radical (unpaired) electrons. The maximum absolute atomic E-state index is 12.7. The molecule has 0 rings (SSSR count). The van der Waals surface area contributed by atoms with E-state index >= 15 is 0 Å². The van der Waals surface area contributed by atoms with E-state index in [1.54, 1.807) is 0 Å². The highest BCUT2D eigenvalue weighted by atomic mass is 16.6. The minimum absolute atomic E-state index is 0.0904. The molecule has 3 nitrogen and oxygen atoms in total. The van der Waals surface area contributed by atoms with E-state index in [1.807, 2.05) is 0 Å². The number of hydrogen-bond donors (Lipinski definition) is 0. The van der Waals surface area contributed by atoms with Crippen LogP contribution in [0.5, 0.6) is 0 Å². The topological polar surface area (TPSA) is 43.4 Å². The molecule has 0 heterocycles. The Kier molecular flexibility index (Phi) is 25.6. The van der Waals surface area contributed by atoms with E-state index in [0.29, 0.717) is 6.42 Å². The zero-order valence-corrected chi connectivity index (χ0v) is 24.4. The van der Waals surface area contributed by atoms with Gasteiger partial charge in [-0.1, -0.05) is 156 Å². The lowest BCUT2D eigenvalue weighted by Crippen LogP contribution is -2.21. The SMILES string of the molecule is CCCCCCCCC(CCCCCC)C(=O)OC(=O)CCCCCCCCCCCCC(C)C. The average Bonchev–Trinajstić information content (AvgIpc) is 2.82. The van der Waals surface area contributed by atoms with Crippen LogP contribution in [0, 0.1) is 11.8 Å². The Morgan fingerprint density at radius 1 is 0.514 bits per heavy atom. The van der Waals surface area contributed by atoms with Crippen molar-refractivity contribution in [3.8, 4) is 0 Å². The van der Waals surface area contributed by atoms with E-state index < -0.39 is 0 Å². The highest BCUT2D eigenvalue weighted by molar-refractivity contribution is 5.86. The third-order valence-electron chi connectivity index (χ3n) is 7.27. The van der Waals surface area contributed by atoms with Gasteiger partial charge in [0.05, 0.1) is 5.92 Å². The van der Waals surface area contributed by atoms with Gasteiger partial charge in [0, 0.05) is 6.42 Å². The fourth-order valence-electron chi connectivity index (χ4n) is 4.85. The lowest BCUT2D eigenvalue weighted by atomic mass is 9.94. The van der Waals surface area contributed by atoms with Gasteiger partial charge < -0.3 is 4.74 Å². The van der Waals surface area contributed by atoms with Gasteiger partial charge in [0.1, 0.15) is 0 Å². The van der Waals surface area contributed by atoms with Crippen molar-refractivity contribution in [3.63, 3.8) is 0 Å². The molecule has 0 aliphatic carbocycles. The predicted octanol–water partition coefficient (Wildman–Crippen LogP) is 10.7. The zero-order valence-electron chi connectivity index (χ0n) is 24.4. The second-order valence-electron chi connectivity index (χ2n) is 11.4. The van der Waals surface area contributed by atoms with Crippen LogP contribution in [0.1, 0.15) is 182 Å². The summed E-state index contributed by atoms with van der Waals surface area (Å²) in [5.41, 5.74) is 0. The van der Waals surface area contributed by atoms with Crippen LogP contribution in [0.4, 0.5) is 0 Å². The molecule has 0 aromatic heterocycles. The van der Waals surface area contributed by atoms with Gasteiger partial charge in [-0.2, -0.15) is 0 Å². The van der Waals surface area contributed by atoms with Gasteiger partial charge in [0.15, 0.2) is 0 Å². The smallest absolute Gasteiger partial charge is 0.316 e. The summed E-state index contributed by atoms with van der Waals surface area (Å²) >= 11 is 0. The number of carbonyl (C=O) groups is 2. The van der Waals surface area contributed by atoms with Crippen LogP contribution in [-0.4, -0.2) is 11.9 Å². The van der Waals surface area contributed by atoms with Crippen LogP contribution in [0.15, 0.2) is 0 Å². The van der Waals surface area contributed by atoms with Crippen molar-refractivity contribution in [2.24, 2.45) is 11.8 Å². The van der Waals surface area contributed by atoms with Crippen molar-refractivity contribution in [2.45, 2.75) is 182 Å². The molecule has 0 aromatic rings. The quantitative estimate of drug-likeness (QED) is 0.0682. The van der Waals surface area contributed by atoms with Crippen LogP contribution >= 0.6 is 0 Å². The second-order valence-corrected chi connectivity index (χ2v) is 11.4. The van der Waals surface area contributed by atoms with E-state index in [4.69, 9.17) is 4.74 Å². The molecule has 0 aliphatic heterocycles. The van der Waals surface area contributed by atoms with Gasteiger partial charge in [-0.05, 0) is 25.2 Å². The van der Waals surface area contributed by atoms with Crippen molar-refractivity contribution in [2.75, 3.05) is 0 Å². The van der Waals surface area contributed by atoms with Crippen LogP contribution in [0.2, 0.25) is 0 Å². The molecule has 0 saturated carbocycles. The summed E-state index contributed by atoms with van der Waals surface area (Å²) in [5.74, 6) is 0.186. The van der Waals surface area contributed by atoms with Crippen LogP contribution in [0.3, 0.4) is 0 Å².